The molecular formula is CHClF2O4S2. The van der Waals surface area contributed by atoms with Gasteiger partial charge in [-0.3, -0.25) is 0 Å². The normalized spacial score (nSPS) is 14.0. The van der Waals surface area contributed by atoms with Gasteiger partial charge in [0.2, 0.25) is 0 Å². The lowest BCUT2D eigenvalue weighted by atomic mass is 11.9. The van der Waals surface area contributed by atoms with Crippen LogP contribution in [0.25, 0.3) is 0 Å². The lowest BCUT2D eigenvalue weighted by molar-refractivity contribution is 0.538. The molecule has 10 heavy (non-hydrogen) atoms. The van der Waals surface area contributed by atoms with Gasteiger partial charge in [0.1, 0.15) is 0 Å². The molecule has 0 rings (SSSR count). The van der Waals surface area contributed by atoms with Gasteiger partial charge in [-0.05, 0) is 0 Å². The van der Waals surface area contributed by atoms with Crippen LogP contribution in [0.5, 0.6) is 0 Å². The van der Waals surface area contributed by atoms with Crippen LogP contribution in [0.3, 0.4) is 0 Å². The fraction of sp³-hybridized carbons (Fsp3) is 1.00. The van der Waals surface area contributed by atoms with Gasteiger partial charge in [-0.2, -0.15) is 16.8 Å². The molecule has 0 aromatic heterocycles. The second kappa shape index (κ2) is 2.59. The van der Waals surface area contributed by atoms with Crippen molar-refractivity contribution in [3.05, 3.63) is 0 Å². The molecule has 0 saturated heterocycles. The minimum Gasteiger partial charge on any atom is -0.192 e. The molecule has 0 heterocycles. The van der Waals surface area contributed by atoms with Gasteiger partial charge >= 0.3 is 20.4 Å². The van der Waals surface area contributed by atoms with Gasteiger partial charge in [0.15, 0.2) is 0 Å². The highest BCUT2D eigenvalue weighted by Crippen LogP contribution is 2.16. The zero-order chi connectivity index (χ0) is 8.58. The van der Waals surface area contributed by atoms with Gasteiger partial charge in [-0.25, -0.2) is 0 Å². The van der Waals surface area contributed by atoms with Crippen LogP contribution in [0.1, 0.15) is 0 Å². The molecule has 9 heteroatoms. The van der Waals surface area contributed by atoms with Crippen LogP contribution in [0.2, 0.25) is 0 Å². The summed E-state index contributed by atoms with van der Waals surface area (Å²) < 4.78 is 58.1. The van der Waals surface area contributed by atoms with Crippen LogP contribution in [0.4, 0.5) is 7.77 Å². The van der Waals surface area contributed by atoms with Crippen LogP contribution >= 0.6 is 11.6 Å². The predicted molar refractivity (Wildman–Crippen MR) is 29.7 cm³/mol. The van der Waals surface area contributed by atoms with E-state index in [1.54, 1.807) is 0 Å². The second-order valence-electron chi connectivity index (χ2n) is 1.23. The van der Waals surface area contributed by atoms with Crippen molar-refractivity contribution in [2.45, 2.75) is 4.04 Å². The molecule has 0 unspecified atom stereocenters. The third kappa shape index (κ3) is 2.76. The molecule has 0 N–H and O–H groups in total. The van der Waals surface area contributed by atoms with E-state index in [0.29, 0.717) is 0 Å². The van der Waals surface area contributed by atoms with E-state index in [1.165, 1.54) is 0 Å². The smallest absolute Gasteiger partial charge is 0.192 e. The fourth-order valence-electron chi connectivity index (χ4n) is 0.137. The van der Waals surface area contributed by atoms with Gasteiger partial charge in [0, 0.05) is 0 Å². The molecule has 0 aliphatic heterocycles. The van der Waals surface area contributed by atoms with E-state index >= 15 is 0 Å². The number of halogens is 3. The molecule has 0 aromatic rings. The van der Waals surface area contributed by atoms with Crippen LogP contribution < -0.4 is 0 Å². The molecule has 0 aromatic carbocycles. The van der Waals surface area contributed by atoms with Crippen molar-refractivity contribution >= 4 is 32.0 Å². The standard InChI is InChI=1S/CHClF2O4S2/c2-1(9(3,5)6)10(4,7)8/h1H. The van der Waals surface area contributed by atoms with Crippen LogP contribution in [-0.4, -0.2) is 20.9 Å². The molecule has 0 spiro atoms. The third-order valence-corrected chi connectivity index (χ3v) is 3.98. The Balaban J connectivity index is 4.94. The second-order valence-corrected chi connectivity index (χ2v) is 5.32. The molecule has 0 aliphatic carbocycles. The molecule has 0 atom stereocenters. The third-order valence-electron chi connectivity index (χ3n) is 0.443. The summed E-state index contributed by atoms with van der Waals surface area (Å²) in [5.41, 5.74) is 0. The molecule has 0 amide bonds. The van der Waals surface area contributed by atoms with Crippen molar-refractivity contribution in [1.82, 2.24) is 0 Å². The zero-order valence-corrected chi connectivity index (χ0v) is 6.55. The van der Waals surface area contributed by atoms with E-state index in [-0.39, 0.29) is 0 Å². The molecule has 0 fully saturated rings. The number of hydrogen-bond acceptors (Lipinski definition) is 4. The topological polar surface area (TPSA) is 68.3 Å². The molecular weight excluding hydrogens is 214 g/mol. The van der Waals surface area contributed by atoms with E-state index in [2.05, 4.69) is 11.6 Å². The van der Waals surface area contributed by atoms with Gasteiger partial charge in [0.25, 0.3) is 4.04 Å². The van der Waals surface area contributed by atoms with Gasteiger partial charge in [-0.15, -0.1) is 7.77 Å². The first-order valence-electron chi connectivity index (χ1n) is 1.66. The van der Waals surface area contributed by atoms with E-state index in [4.69, 9.17) is 0 Å². The van der Waals surface area contributed by atoms with Crippen LogP contribution in [0, 0.1) is 0 Å². The summed E-state index contributed by atoms with van der Waals surface area (Å²) in [6.45, 7) is 0. The molecule has 4 nitrogen and oxygen atoms in total. The summed E-state index contributed by atoms with van der Waals surface area (Å²) in [5.74, 6) is 0. The van der Waals surface area contributed by atoms with Gasteiger partial charge < -0.3 is 0 Å². The molecule has 62 valence electrons. The average molecular weight is 215 g/mol. The average Bonchev–Trinajstić information content (AvgIpc) is 1.59. The highest BCUT2D eigenvalue weighted by atomic mass is 35.5. The Hall–Kier alpha value is 0.0500. The lowest BCUT2D eigenvalue weighted by Crippen LogP contribution is -2.17. The van der Waals surface area contributed by atoms with E-state index in [1.807, 2.05) is 0 Å². The fourth-order valence-corrected chi connectivity index (χ4v) is 1.24. The van der Waals surface area contributed by atoms with Crippen LogP contribution in [-0.2, 0) is 20.4 Å². The highest BCUT2D eigenvalue weighted by Gasteiger charge is 2.36. The van der Waals surface area contributed by atoms with E-state index in [9.17, 15) is 24.6 Å². The summed E-state index contributed by atoms with van der Waals surface area (Å²) in [6, 6.07) is 0. The largest absolute Gasteiger partial charge is 0.337 e. The summed E-state index contributed by atoms with van der Waals surface area (Å²) in [5, 5.41) is 0. The Kier molecular flexibility index (Phi) is 2.60. The van der Waals surface area contributed by atoms with Crippen molar-refractivity contribution in [3.63, 3.8) is 0 Å². The summed E-state index contributed by atoms with van der Waals surface area (Å²) in [4.78, 5) is 0. The molecule has 0 bridgehead atoms. The molecule has 0 radical (unpaired) electrons. The first-order chi connectivity index (χ1) is 4.15. The van der Waals surface area contributed by atoms with Crippen molar-refractivity contribution in [2.75, 3.05) is 0 Å². The number of rotatable bonds is 2. The van der Waals surface area contributed by atoms with Gasteiger partial charge in [0.05, 0.1) is 0 Å². The maximum absolute atomic E-state index is 11.5. The maximum Gasteiger partial charge on any atom is 0.337 e. The van der Waals surface area contributed by atoms with E-state index in [0.717, 1.165) is 0 Å². The van der Waals surface area contributed by atoms with Crippen LogP contribution in [0.15, 0.2) is 0 Å². The minimum absolute atomic E-state index is 3.15. The Morgan fingerprint density at radius 1 is 1.00 bits per heavy atom. The van der Waals surface area contributed by atoms with E-state index < -0.39 is 24.5 Å². The van der Waals surface area contributed by atoms with Crippen molar-refractivity contribution in [3.8, 4) is 0 Å². The Bertz CT molecular complexity index is 270. The summed E-state index contributed by atoms with van der Waals surface area (Å²) in [6.07, 6.45) is 0. The number of alkyl halides is 1. The Morgan fingerprint density at radius 2 is 1.20 bits per heavy atom. The molecule has 0 saturated carbocycles. The minimum atomic E-state index is -5.56. The summed E-state index contributed by atoms with van der Waals surface area (Å²) >= 11 is 4.31. The van der Waals surface area contributed by atoms with Crippen molar-refractivity contribution in [2.24, 2.45) is 0 Å². The SMILES string of the molecule is O=S(=O)(F)C(Cl)S(=O)(=O)F. The lowest BCUT2D eigenvalue weighted by Gasteiger charge is -1.95. The first kappa shape index (κ1) is 10.0. The van der Waals surface area contributed by atoms with Crippen molar-refractivity contribution in [1.29, 1.82) is 0 Å². The zero-order valence-electron chi connectivity index (χ0n) is 4.16. The first-order valence-corrected chi connectivity index (χ1v) is 4.99. The molecule has 0 aliphatic rings. The summed E-state index contributed by atoms with van der Waals surface area (Å²) in [7, 11) is -11.1. The van der Waals surface area contributed by atoms with Gasteiger partial charge in [-0.1, -0.05) is 11.6 Å². The quantitative estimate of drug-likeness (QED) is 0.483. The highest BCUT2D eigenvalue weighted by molar-refractivity contribution is 8.06. The maximum atomic E-state index is 11.5. The Morgan fingerprint density at radius 3 is 1.20 bits per heavy atom. The monoisotopic (exact) mass is 214 g/mol. The Labute approximate surface area is 61.2 Å². The number of hydrogen-bond donors (Lipinski definition) is 0. The van der Waals surface area contributed by atoms with Crippen molar-refractivity contribution < 1.29 is 24.6 Å². The predicted octanol–water partition coefficient (Wildman–Crippen LogP) is 0.107.